The molecule has 0 bridgehead atoms. The second-order valence-electron chi connectivity index (χ2n) is 2.57. The van der Waals surface area contributed by atoms with Gasteiger partial charge in [-0.2, -0.15) is 0 Å². The summed E-state index contributed by atoms with van der Waals surface area (Å²) in [6.45, 7) is 6.07. The van der Waals surface area contributed by atoms with E-state index in [0.29, 0.717) is 0 Å². The molecule has 56 valence electrons. The Morgan fingerprint density at radius 1 is 1.45 bits per heavy atom. The van der Waals surface area contributed by atoms with Gasteiger partial charge in [0.15, 0.2) is 0 Å². The van der Waals surface area contributed by atoms with Crippen LogP contribution in [0.15, 0.2) is 46.6 Å². The van der Waals surface area contributed by atoms with Gasteiger partial charge in [0.25, 0.3) is 0 Å². The van der Waals surface area contributed by atoms with Crippen molar-refractivity contribution >= 4 is 11.8 Å². The molecule has 0 aromatic rings. The Morgan fingerprint density at radius 3 is 3.09 bits per heavy atom. The molecule has 0 N–H and O–H groups in total. The minimum Gasteiger partial charge on any atom is -0.311 e. The molecule has 2 heterocycles. The molecule has 0 aromatic carbocycles. The van der Waals surface area contributed by atoms with E-state index in [2.05, 4.69) is 42.2 Å². The van der Waals surface area contributed by atoms with Crippen LogP contribution >= 0.6 is 11.8 Å². The monoisotopic (exact) mass is 163 g/mol. The lowest BCUT2D eigenvalue weighted by molar-refractivity contribution is 0.630. The van der Waals surface area contributed by atoms with Crippen molar-refractivity contribution in [3.05, 3.63) is 46.6 Å². The predicted molar refractivity (Wildman–Crippen MR) is 49.6 cm³/mol. The molecule has 11 heavy (non-hydrogen) atoms. The topological polar surface area (TPSA) is 3.24 Å². The van der Waals surface area contributed by atoms with Gasteiger partial charge in [0.1, 0.15) is 0 Å². The molecule has 0 radical (unpaired) electrons. The van der Waals surface area contributed by atoms with Crippen LogP contribution < -0.4 is 0 Å². The lowest BCUT2D eigenvalue weighted by Crippen LogP contribution is -2.13. The summed E-state index contributed by atoms with van der Waals surface area (Å²) in [6.07, 6.45) is 6.28. The summed E-state index contributed by atoms with van der Waals surface area (Å²) in [4.78, 5) is 2.11. The van der Waals surface area contributed by atoms with Crippen LogP contribution in [0.5, 0.6) is 0 Å². The molecule has 2 aliphatic heterocycles. The van der Waals surface area contributed by atoms with E-state index in [0.717, 1.165) is 5.70 Å². The van der Waals surface area contributed by atoms with Crippen molar-refractivity contribution in [3.8, 4) is 0 Å². The van der Waals surface area contributed by atoms with Gasteiger partial charge in [-0.25, -0.2) is 0 Å². The molecule has 0 atom stereocenters. The van der Waals surface area contributed by atoms with Gasteiger partial charge >= 0.3 is 0 Å². The molecule has 0 spiro atoms. The average Bonchev–Trinajstić information content (AvgIpc) is 2.45. The number of nitrogens with zero attached hydrogens (tertiary/aromatic N) is 1. The summed E-state index contributed by atoms with van der Waals surface area (Å²) >= 11 is 1.73. The second-order valence-corrected chi connectivity index (χ2v) is 3.50. The maximum atomic E-state index is 3.99. The number of hydrogen-bond donors (Lipinski definition) is 0. The predicted octanol–water partition coefficient (Wildman–Crippen LogP) is 2.82. The molecule has 0 fully saturated rings. The van der Waals surface area contributed by atoms with E-state index in [1.165, 1.54) is 10.6 Å². The van der Waals surface area contributed by atoms with E-state index in [4.69, 9.17) is 0 Å². The molecular weight excluding hydrogens is 154 g/mol. The fourth-order valence-corrected chi connectivity index (χ4v) is 1.87. The van der Waals surface area contributed by atoms with Crippen LogP contribution in [0.3, 0.4) is 0 Å². The highest BCUT2D eigenvalue weighted by atomic mass is 32.2. The van der Waals surface area contributed by atoms with Crippen LogP contribution in [-0.4, -0.2) is 4.90 Å². The first-order chi connectivity index (χ1) is 5.29. The van der Waals surface area contributed by atoms with Crippen molar-refractivity contribution in [1.82, 2.24) is 4.90 Å². The third-order valence-corrected chi connectivity index (χ3v) is 2.69. The molecule has 0 amide bonds. The molecule has 2 rings (SSSR count). The van der Waals surface area contributed by atoms with Crippen molar-refractivity contribution in [2.45, 2.75) is 6.92 Å². The maximum absolute atomic E-state index is 3.99. The van der Waals surface area contributed by atoms with Crippen molar-refractivity contribution < 1.29 is 0 Å². The molecule has 0 saturated heterocycles. The first kappa shape index (κ1) is 6.80. The lowest BCUT2D eigenvalue weighted by Gasteiger charge is -2.23. The van der Waals surface area contributed by atoms with Crippen LogP contribution in [0.25, 0.3) is 0 Å². The third-order valence-electron chi connectivity index (χ3n) is 1.86. The van der Waals surface area contributed by atoms with Gasteiger partial charge in [-0.3, -0.25) is 0 Å². The number of hydrogen-bond acceptors (Lipinski definition) is 2. The maximum Gasteiger partial charge on any atom is 0.0836 e. The standard InChI is InChI=1S/C9H9NS/c1-7-3-4-9-10(8(7)2)5-6-11-9/h3-6H,2H2,1H3. The highest BCUT2D eigenvalue weighted by Crippen LogP contribution is 2.36. The first-order valence-corrected chi connectivity index (χ1v) is 4.37. The first-order valence-electron chi connectivity index (χ1n) is 3.49. The average molecular weight is 163 g/mol. The molecule has 0 aromatic heterocycles. The zero-order valence-corrected chi connectivity index (χ0v) is 7.19. The zero-order chi connectivity index (χ0) is 7.84. The van der Waals surface area contributed by atoms with Crippen LogP contribution in [0.4, 0.5) is 0 Å². The van der Waals surface area contributed by atoms with Gasteiger partial charge in [-0.15, -0.1) is 0 Å². The molecule has 1 nitrogen and oxygen atoms in total. The van der Waals surface area contributed by atoms with E-state index >= 15 is 0 Å². The van der Waals surface area contributed by atoms with E-state index in [1.807, 2.05) is 0 Å². The van der Waals surface area contributed by atoms with Crippen molar-refractivity contribution in [1.29, 1.82) is 0 Å². The van der Waals surface area contributed by atoms with Crippen LogP contribution in [0, 0.1) is 0 Å². The van der Waals surface area contributed by atoms with Crippen molar-refractivity contribution in [2.24, 2.45) is 0 Å². The Hall–Kier alpha value is -0.890. The molecule has 0 aliphatic carbocycles. The van der Waals surface area contributed by atoms with Gasteiger partial charge in [0.2, 0.25) is 0 Å². The third kappa shape index (κ3) is 0.942. The summed E-state index contributed by atoms with van der Waals surface area (Å²) in [5.74, 6) is 0. The van der Waals surface area contributed by atoms with E-state index in [1.54, 1.807) is 11.8 Å². The summed E-state index contributed by atoms with van der Waals surface area (Å²) < 4.78 is 0. The van der Waals surface area contributed by atoms with Gasteiger partial charge in [0.05, 0.1) is 5.03 Å². The van der Waals surface area contributed by atoms with Gasteiger partial charge < -0.3 is 4.90 Å². The zero-order valence-electron chi connectivity index (χ0n) is 6.37. The van der Waals surface area contributed by atoms with Crippen LogP contribution in [0.1, 0.15) is 6.92 Å². The second kappa shape index (κ2) is 2.31. The molecule has 0 unspecified atom stereocenters. The number of thioether (sulfide) groups is 1. The minimum absolute atomic E-state index is 1.09. The van der Waals surface area contributed by atoms with Gasteiger partial charge in [0, 0.05) is 11.9 Å². The molecule has 2 aliphatic rings. The molecular formula is C9H9NS. The van der Waals surface area contributed by atoms with E-state index < -0.39 is 0 Å². The van der Waals surface area contributed by atoms with Crippen LogP contribution in [0.2, 0.25) is 0 Å². The number of allylic oxidation sites excluding steroid dienone is 3. The number of fused-ring (bicyclic) bond motifs is 1. The smallest absolute Gasteiger partial charge is 0.0836 e. The Kier molecular flexibility index (Phi) is 1.43. The van der Waals surface area contributed by atoms with Crippen LogP contribution in [-0.2, 0) is 0 Å². The van der Waals surface area contributed by atoms with E-state index in [9.17, 15) is 0 Å². The SMILES string of the molecule is C=C1C(C)=CC=C2SC=CN12. The number of rotatable bonds is 0. The Balaban J connectivity index is 2.42. The Bertz CT molecular complexity index is 297. The Labute approximate surface area is 70.8 Å². The lowest BCUT2D eigenvalue weighted by atomic mass is 10.1. The van der Waals surface area contributed by atoms with Gasteiger partial charge in [-0.1, -0.05) is 24.4 Å². The normalized spacial score (nSPS) is 21.5. The summed E-state index contributed by atoms with van der Waals surface area (Å²) in [7, 11) is 0. The summed E-state index contributed by atoms with van der Waals surface area (Å²) in [5.41, 5.74) is 2.32. The summed E-state index contributed by atoms with van der Waals surface area (Å²) in [6, 6.07) is 0. The minimum atomic E-state index is 1.09. The highest BCUT2D eigenvalue weighted by molar-refractivity contribution is 8.06. The summed E-state index contributed by atoms with van der Waals surface area (Å²) in [5, 5.41) is 3.32. The van der Waals surface area contributed by atoms with Gasteiger partial charge in [-0.05, 0) is 24.0 Å². The van der Waals surface area contributed by atoms with Crippen molar-refractivity contribution in [3.63, 3.8) is 0 Å². The fourth-order valence-electron chi connectivity index (χ4n) is 1.12. The fraction of sp³-hybridized carbons (Fsp3) is 0.111. The largest absolute Gasteiger partial charge is 0.311 e. The van der Waals surface area contributed by atoms with E-state index in [-0.39, 0.29) is 0 Å². The highest BCUT2D eigenvalue weighted by Gasteiger charge is 2.18. The quantitative estimate of drug-likeness (QED) is 0.540. The molecule has 0 saturated carbocycles. The molecule has 2 heteroatoms. The Morgan fingerprint density at radius 2 is 2.27 bits per heavy atom. The van der Waals surface area contributed by atoms with Crippen molar-refractivity contribution in [2.75, 3.05) is 0 Å².